The molecule has 0 radical (unpaired) electrons. The summed E-state index contributed by atoms with van der Waals surface area (Å²) in [6.07, 6.45) is 2.49. The number of phenols is 1. The number of thiazole rings is 1. The number of phenolic OH excluding ortho intramolecular Hbond substituents is 1. The van der Waals surface area contributed by atoms with E-state index in [9.17, 15) is 19.5 Å². The zero-order chi connectivity index (χ0) is 25.0. The number of benzene rings is 1. The predicted molar refractivity (Wildman–Crippen MR) is 132 cm³/mol. The van der Waals surface area contributed by atoms with Crippen molar-refractivity contribution >= 4 is 28.9 Å². The number of hydrogen-bond donors (Lipinski definition) is 3. The molecule has 2 amide bonds. The molecule has 0 unspecified atom stereocenters. The smallest absolute Gasteiger partial charge is 0.243 e. The summed E-state index contributed by atoms with van der Waals surface area (Å²) in [6, 6.07) is 4.68. The monoisotopic (exact) mass is 484 g/mol. The molecule has 2 heterocycles. The van der Waals surface area contributed by atoms with E-state index in [1.807, 2.05) is 26.8 Å². The van der Waals surface area contributed by atoms with Gasteiger partial charge in [-0.3, -0.25) is 14.4 Å². The van der Waals surface area contributed by atoms with Crippen molar-refractivity contribution in [1.29, 1.82) is 0 Å². The Balaban J connectivity index is 1.68. The minimum absolute atomic E-state index is 0.0827. The molecule has 1 fully saturated rings. The van der Waals surface area contributed by atoms with Crippen LogP contribution in [-0.2, 0) is 20.9 Å². The molecule has 1 aliphatic heterocycles. The zero-order valence-electron chi connectivity index (χ0n) is 20.0. The Bertz CT molecular complexity index is 1100. The van der Waals surface area contributed by atoms with Gasteiger partial charge in [-0.05, 0) is 44.2 Å². The molecule has 1 aromatic heterocycles. The SMILES string of the molecule is CC(N)=CC(=O)[C@H](C(=O)N1CCC[C@H]1C(=O)NCc1ccc(-c2scnc2C)cc1O)C(C)C. The number of aromatic nitrogens is 1. The first kappa shape index (κ1) is 25.4. The van der Waals surface area contributed by atoms with Crippen molar-refractivity contribution in [2.75, 3.05) is 6.54 Å². The molecule has 4 N–H and O–H groups in total. The Labute approximate surface area is 203 Å². The van der Waals surface area contributed by atoms with Crippen molar-refractivity contribution in [2.24, 2.45) is 17.6 Å². The highest BCUT2D eigenvalue weighted by atomic mass is 32.1. The van der Waals surface area contributed by atoms with E-state index in [-0.39, 0.29) is 35.8 Å². The molecule has 182 valence electrons. The number of nitrogens with zero attached hydrogens (tertiary/aromatic N) is 2. The van der Waals surface area contributed by atoms with Gasteiger partial charge in [-0.15, -0.1) is 11.3 Å². The number of likely N-dealkylation sites (tertiary alicyclic amines) is 1. The van der Waals surface area contributed by atoms with Gasteiger partial charge in [-0.2, -0.15) is 0 Å². The maximum absolute atomic E-state index is 13.2. The molecule has 0 spiro atoms. The number of aromatic hydroxyl groups is 1. The highest BCUT2D eigenvalue weighted by molar-refractivity contribution is 7.13. The quantitative estimate of drug-likeness (QED) is 0.390. The minimum Gasteiger partial charge on any atom is -0.508 e. The van der Waals surface area contributed by atoms with Crippen LogP contribution in [0.2, 0.25) is 0 Å². The lowest BCUT2D eigenvalue weighted by Crippen LogP contribution is -2.49. The van der Waals surface area contributed by atoms with Crippen LogP contribution in [0, 0.1) is 18.8 Å². The average molecular weight is 485 g/mol. The van der Waals surface area contributed by atoms with Crippen molar-refractivity contribution in [3.05, 3.63) is 46.7 Å². The fraction of sp³-hybridized carbons (Fsp3) is 0.440. The Hall–Kier alpha value is -3.20. The van der Waals surface area contributed by atoms with E-state index in [1.165, 1.54) is 22.3 Å². The number of ketones is 1. The van der Waals surface area contributed by atoms with E-state index in [1.54, 1.807) is 24.6 Å². The lowest BCUT2D eigenvalue weighted by molar-refractivity contribution is -0.146. The van der Waals surface area contributed by atoms with Crippen LogP contribution in [0.3, 0.4) is 0 Å². The molecule has 9 heteroatoms. The van der Waals surface area contributed by atoms with Crippen LogP contribution in [0.25, 0.3) is 10.4 Å². The second-order valence-corrected chi connectivity index (χ2v) is 9.89. The largest absolute Gasteiger partial charge is 0.508 e. The molecular formula is C25H32N4O4S. The van der Waals surface area contributed by atoms with Crippen molar-refractivity contribution in [3.8, 4) is 16.2 Å². The third-order valence-electron chi connectivity index (χ3n) is 5.99. The molecule has 1 aliphatic rings. The van der Waals surface area contributed by atoms with Crippen molar-refractivity contribution in [3.63, 3.8) is 0 Å². The number of amides is 2. The van der Waals surface area contributed by atoms with E-state index < -0.39 is 12.0 Å². The van der Waals surface area contributed by atoms with Crippen LogP contribution < -0.4 is 11.1 Å². The number of rotatable bonds is 8. The van der Waals surface area contributed by atoms with Crippen molar-refractivity contribution in [1.82, 2.24) is 15.2 Å². The van der Waals surface area contributed by atoms with Crippen LogP contribution in [0.5, 0.6) is 5.75 Å². The molecular weight excluding hydrogens is 452 g/mol. The van der Waals surface area contributed by atoms with Crippen LogP contribution >= 0.6 is 11.3 Å². The van der Waals surface area contributed by atoms with Gasteiger partial charge in [0.15, 0.2) is 5.78 Å². The molecule has 0 aliphatic carbocycles. The highest BCUT2D eigenvalue weighted by Crippen LogP contribution is 2.31. The van der Waals surface area contributed by atoms with Crippen molar-refractivity contribution < 1.29 is 19.5 Å². The number of hydrogen-bond acceptors (Lipinski definition) is 7. The summed E-state index contributed by atoms with van der Waals surface area (Å²) in [7, 11) is 0. The van der Waals surface area contributed by atoms with Gasteiger partial charge in [0.1, 0.15) is 17.7 Å². The molecule has 1 aromatic carbocycles. The van der Waals surface area contributed by atoms with Gasteiger partial charge in [-0.1, -0.05) is 26.0 Å². The third-order valence-corrected chi connectivity index (χ3v) is 6.97. The lowest BCUT2D eigenvalue weighted by atomic mass is 9.89. The summed E-state index contributed by atoms with van der Waals surface area (Å²) < 4.78 is 0. The van der Waals surface area contributed by atoms with Gasteiger partial charge < -0.3 is 21.1 Å². The van der Waals surface area contributed by atoms with Crippen LogP contribution in [0.15, 0.2) is 35.5 Å². The van der Waals surface area contributed by atoms with Crippen LogP contribution in [0.1, 0.15) is 44.9 Å². The molecule has 1 saturated heterocycles. The van der Waals surface area contributed by atoms with E-state index in [0.717, 1.165) is 16.1 Å². The second-order valence-electron chi connectivity index (χ2n) is 9.03. The minimum atomic E-state index is -0.876. The van der Waals surface area contributed by atoms with Gasteiger partial charge in [0.05, 0.1) is 16.1 Å². The topological polar surface area (TPSA) is 126 Å². The first-order chi connectivity index (χ1) is 16.1. The normalized spacial score (nSPS) is 17.1. The number of carbonyl (C=O) groups excluding carboxylic acids is 3. The van der Waals surface area contributed by atoms with Crippen LogP contribution in [0.4, 0.5) is 0 Å². The lowest BCUT2D eigenvalue weighted by Gasteiger charge is -2.29. The Morgan fingerprint density at radius 3 is 2.68 bits per heavy atom. The van der Waals surface area contributed by atoms with E-state index in [4.69, 9.17) is 5.73 Å². The summed E-state index contributed by atoms with van der Waals surface area (Å²) in [5, 5.41) is 13.3. The second kappa shape index (κ2) is 10.8. The third kappa shape index (κ3) is 5.64. The van der Waals surface area contributed by atoms with E-state index >= 15 is 0 Å². The number of nitrogens with one attached hydrogen (secondary N) is 1. The molecule has 34 heavy (non-hydrogen) atoms. The standard InChI is InChI=1S/C25H32N4O4S/c1-14(2)22(21(31)10-15(3)26)25(33)29-9-5-6-19(29)24(32)27-12-18-8-7-17(11-20(18)30)23-16(4)28-13-34-23/h7-8,10-11,13-14,19,22,30H,5-6,9,12,26H2,1-4H3,(H,27,32)/t19-,22+/m0/s1. The number of carbonyl (C=O) groups is 3. The number of allylic oxidation sites excluding steroid dienone is 2. The summed E-state index contributed by atoms with van der Waals surface area (Å²) in [4.78, 5) is 45.6. The Morgan fingerprint density at radius 1 is 1.35 bits per heavy atom. The Kier molecular flexibility index (Phi) is 8.09. The molecule has 0 saturated carbocycles. The molecule has 2 aromatic rings. The van der Waals surface area contributed by atoms with Gasteiger partial charge in [0, 0.05) is 30.4 Å². The summed E-state index contributed by atoms with van der Waals surface area (Å²) >= 11 is 1.50. The first-order valence-electron chi connectivity index (χ1n) is 11.4. The van der Waals surface area contributed by atoms with Gasteiger partial charge in [0.25, 0.3) is 0 Å². The van der Waals surface area contributed by atoms with E-state index in [2.05, 4.69) is 10.3 Å². The van der Waals surface area contributed by atoms with Gasteiger partial charge >= 0.3 is 0 Å². The molecule has 0 bridgehead atoms. The number of aryl methyl sites for hydroxylation is 1. The van der Waals surface area contributed by atoms with E-state index in [0.29, 0.717) is 30.6 Å². The summed E-state index contributed by atoms with van der Waals surface area (Å²) in [5.74, 6) is -2.00. The maximum atomic E-state index is 13.2. The van der Waals surface area contributed by atoms with Crippen LogP contribution in [-0.4, -0.2) is 45.2 Å². The molecule has 2 atom stereocenters. The van der Waals surface area contributed by atoms with Gasteiger partial charge in [-0.25, -0.2) is 4.98 Å². The molecule has 3 rings (SSSR count). The zero-order valence-corrected chi connectivity index (χ0v) is 20.8. The Morgan fingerprint density at radius 2 is 2.09 bits per heavy atom. The first-order valence-corrected chi connectivity index (χ1v) is 12.3. The molecule has 8 nitrogen and oxygen atoms in total. The van der Waals surface area contributed by atoms with Gasteiger partial charge in [0.2, 0.25) is 11.8 Å². The predicted octanol–water partition coefficient (Wildman–Crippen LogP) is 3.14. The number of nitrogens with two attached hydrogens (primary N) is 1. The fourth-order valence-electron chi connectivity index (χ4n) is 4.26. The van der Waals surface area contributed by atoms with Crippen molar-refractivity contribution in [2.45, 2.75) is 53.1 Å². The average Bonchev–Trinajstić information content (AvgIpc) is 3.41. The maximum Gasteiger partial charge on any atom is 0.243 e. The highest BCUT2D eigenvalue weighted by Gasteiger charge is 2.40. The fourth-order valence-corrected chi connectivity index (χ4v) is 5.07. The summed E-state index contributed by atoms with van der Waals surface area (Å²) in [5.41, 5.74) is 10.1. The summed E-state index contributed by atoms with van der Waals surface area (Å²) in [6.45, 7) is 7.69.